The molecule has 3 atom stereocenters. The zero-order valence-electron chi connectivity index (χ0n) is 17.9. The summed E-state index contributed by atoms with van der Waals surface area (Å²) in [7, 11) is 0. The van der Waals surface area contributed by atoms with E-state index < -0.39 is 0 Å². The lowest BCUT2D eigenvalue weighted by atomic mass is 9.73. The molecule has 2 fully saturated rings. The van der Waals surface area contributed by atoms with Crippen LogP contribution in [0.2, 0.25) is 0 Å². The van der Waals surface area contributed by atoms with Gasteiger partial charge in [0.25, 0.3) is 0 Å². The number of anilines is 1. The van der Waals surface area contributed by atoms with Gasteiger partial charge in [-0.1, -0.05) is 54.6 Å². The fourth-order valence-corrected chi connectivity index (χ4v) is 4.92. The number of carbonyl (C=O) groups is 2. The molecule has 33 heavy (non-hydrogen) atoms. The minimum atomic E-state index is -0.313. The standard InChI is InChI=1S/C26H24FN3O3/c27-20-12-10-18(11-13-20)17-6-8-19(9-7-17)25-22-14-29(15-24(32)30(22)23(25)16-31)26(33)28-21-4-2-1-3-5-21/h1-13,22-23,25,31H,14-16H2,(H,28,33)/t22-,23-,25+/m0/s1. The molecule has 2 saturated heterocycles. The lowest BCUT2D eigenvalue weighted by Crippen LogP contribution is -2.73. The molecule has 2 N–H and O–H groups in total. The SMILES string of the molecule is O=C(Nc1ccccc1)N1CC(=O)N2[C@@H](CO)[C@H](c3ccc(-c4ccc(F)cc4)cc3)[C@@H]2C1. The summed E-state index contributed by atoms with van der Waals surface area (Å²) in [6.45, 7) is 0.246. The van der Waals surface area contributed by atoms with Crippen LogP contribution in [0.4, 0.5) is 14.9 Å². The Hall–Kier alpha value is -3.71. The maximum atomic E-state index is 13.2. The quantitative estimate of drug-likeness (QED) is 0.643. The van der Waals surface area contributed by atoms with Crippen molar-refractivity contribution >= 4 is 17.6 Å². The van der Waals surface area contributed by atoms with E-state index >= 15 is 0 Å². The molecule has 0 aromatic heterocycles. The molecule has 5 rings (SSSR count). The number of para-hydroxylation sites is 1. The van der Waals surface area contributed by atoms with Crippen LogP contribution in [0, 0.1) is 5.82 Å². The Balaban J connectivity index is 1.34. The summed E-state index contributed by atoms with van der Waals surface area (Å²) in [5, 5.41) is 12.8. The van der Waals surface area contributed by atoms with Crippen molar-refractivity contribution in [3.63, 3.8) is 0 Å². The van der Waals surface area contributed by atoms with Crippen molar-refractivity contribution in [2.75, 3.05) is 25.0 Å². The third-order valence-corrected chi connectivity index (χ3v) is 6.54. The minimum Gasteiger partial charge on any atom is -0.394 e. The van der Waals surface area contributed by atoms with Crippen LogP contribution in [0.1, 0.15) is 11.5 Å². The van der Waals surface area contributed by atoms with Crippen LogP contribution < -0.4 is 5.32 Å². The maximum absolute atomic E-state index is 13.2. The van der Waals surface area contributed by atoms with Gasteiger partial charge < -0.3 is 20.2 Å². The van der Waals surface area contributed by atoms with Crippen molar-refractivity contribution in [2.24, 2.45) is 0 Å². The number of amides is 3. The summed E-state index contributed by atoms with van der Waals surface area (Å²) in [6, 6.07) is 22.5. The van der Waals surface area contributed by atoms with Crippen molar-refractivity contribution < 1.29 is 19.1 Å². The van der Waals surface area contributed by atoms with Crippen LogP contribution in [0.25, 0.3) is 11.1 Å². The summed E-state index contributed by atoms with van der Waals surface area (Å²) < 4.78 is 13.2. The van der Waals surface area contributed by atoms with E-state index in [9.17, 15) is 19.1 Å². The number of hydrogen-bond donors (Lipinski definition) is 2. The summed E-state index contributed by atoms with van der Waals surface area (Å²) in [6.07, 6.45) is 0. The predicted octanol–water partition coefficient (Wildman–Crippen LogP) is 3.70. The monoisotopic (exact) mass is 445 g/mol. The Kier molecular flexibility index (Phi) is 5.56. The van der Waals surface area contributed by atoms with Crippen LogP contribution in [0.15, 0.2) is 78.9 Å². The number of aliphatic hydroxyl groups is 1. The Morgan fingerprint density at radius 1 is 0.970 bits per heavy atom. The number of carbonyl (C=O) groups excluding carboxylic acids is 2. The van der Waals surface area contributed by atoms with Crippen molar-refractivity contribution in [1.29, 1.82) is 0 Å². The summed E-state index contributed by atoms with van der Waals surface area (Å²) in [5.41, 5.74) is 3.54. The van der Waals surface area contributed by atoms with E-state index in [0.29, 0.717) is 12.2 Å². The molecule has 0 bridgehead atoms. The number of hydrogen-bond acceptors (Lipinski definition) is 3. The number of aliphatic hydroxyl groups excluding tert-OH is 1. The Labute approximate surface area is 191 Å². The van der Waals surface area contributed by atoms with Gasteiger partial charge >= 0.3 is 6.03 Å². The van der Waals surface area contributed by atoms with Gasteiger partial charge in [-0.25, -0.2) is 9.18 Å². The van der Waals surface area contributed by atoms with Crippen LogP contribution in [0.5, 0.6) is 0 Å². The number of piperazine rings is 1. The van der Waals surface area contributed by atoms with Gasteiger partial charge in [0.1, 0.15) is 12.4 Å². The number of urea groups is 1. The van der Waals surface area contributed by atoms with Gasteiger partial charge in [0.2, 0.25) is 5.91 Å². The maximum Gasteiger partial charge on any atom is 0.322 e. The third kappa shape index (κ3) is 3.96. The second kappa shape index (κ2) is 8.67. The van der Waals surface area contributed by atoms with Crippen LogP contribution in [0.3, 0.4) is 0 Å². The third-order valence-electron chi connectivity index (χ3n) is 6.54. The first-order valence-electron chi connectivity index (χ1n) is 10.9. The largest absolute Gasteiger partial charge is 0.394 e. The van der Waals surface area contributed by atoms with Crippen molar-refractivity contribution in [3.8, 4) is 11.1 Å². The summed E-state index contributed by atoms with van der Waals surface area (Å²) >= 11 is 0. The molecule has 0 saturated carbocycles. The van der Waals surface area contributed by atoms with Gasteiger partial charge in [-0.3, -0.25) is 4.79 Å². The zero-order valence-corrected chi connectivity index (χ0v) is 17.9. The average molecular weight is 445 g/mol. The van der Waals surface area contributed by atoms with Gasteiger partial charge in [-0.2, -0.15) is 0 Å². The van der Waals surface area contributed by atoms with E-state index in [1.807, 2.05) is 42.5 Å². The molecule has 3 amide bonds. The smallest absolute Gasteiger partial charge is 0.322 e. The lowest BCUT2D eigenvalue weighted by Gasteiger charge is -2.58. The fourth-order valence-electron chi connectivity index (χ4n) is 4.92. The molecule has 0 aliphatic carbocycles. The molecule has 3 aromatic carbocycles. The first kappa shape index (κ1) is 21.2. The summed E-state index contributed by atoms with van der Waals surface area (Å²) in [5.74, 6) is -0.514. The molecule has 0 unspecified atom stereocenters. The van der Waals surface area contributed by atoms with E-state index in [4.69, 9.17) is 0 Å². The Morgan fingerprint density at radius 2 is 1.61 bits per heavy atom. The highest BCUT2D eigenvalue weighted by molar-refractivity contribution is 5.93. The van der Waals surface area contributed by atoms with Gasteiger partial charge in [-0.05, 0) is 41.0 Å². The lowest BCUT2D eigenvalue weighted by molar-refractivity contribution is -0.159. The molecule has 2 heterocycles. The number of halogens is 1. The van der Waals surface area contributed by atoms with Gasteiger partial charge in [-0.15, -0.1) is 0 Å². The van der Waals surface area contributed by atoms with Gasteiger partial charge in [0.05, 0.1) is 18.7 Å². The number of fused-ring (bicyclic) bond motifs is 1. The zero-order chi connectivity index (χ0) is 22.9. The fraction of sp³-hybridized carbons (Fsp3) is 0.231. The molecule has 2 aliphatic rings. The molecular formula is C26H24FN3O3. The molecule has 6 nitrogen and oxygen atoms in total. The van der Waals surface area contributed by atoms with Gasteiger partial charge in [0, 0.05) is 18.2 Å². The van der Waals surface area contributed by atoms with Crippen molar-refractivity contribution in [3.05, 3.63) is 90.2 Å². The van der Waals surface area contributed by atoms with E-state index in [2.05, 4.69) is 5.32 Å². The second-order valence-electron chi connectivity index (χ2n) is 8.45. The Morgan fingerprint density at radius 3 is 2.24 bits per heavy atom. The van der Waals surface area contributed by atoms with Crippen LogP contribution in [-0.2, 0) is 4.79 Å². The molecule has 0 spiro atoms. The first-order valence-corrected chi connectivity index (χ1v) is 10.9. The first-order chi connectivity index (χ1) is 16.0. The number of rotatable bonds is 4. The van der Waals surface area contributed by atoms with E-state index in [0.717, 1.165) is 16.7 Å². The number of nitrogens with zero attached hydrogens (tertiary/aromatic N) is 2. The topological polar surface area (TPSA) is 72.9 Å². The normalized spacial score (nSPS) is 21.9. The average Bonchev–Trinajstić information content (AvgIpc) is 2.82. The molecular weight excluding hydrogens is 421 g/mol. The van der Waals surface area contributed by atoms with Crippen molar-refractivity contribution in [1.82, 2.24) is 9.80 Å². The minimum absolute atomic E-state index is 0.0120. The molecule has 7 heteroatoms. The number of nitrogens with one attached hydrogen (secondary N) is 1. The predicted molar refractivity (Wildman–Crippen MR) is 123 cm³/mol. The van der Waals surface area contributed by atoms with Crippen molar-refractivity contribution in [2.45, 2.75) is 18.0 Å². The van der Waals surface area contributed by atoms with E-state index in [1.54, 1.807) is 29.2 Å². The van der Waals surface area contributed by atoms with E-state index in [1.165, 1.54) is 17.0 Å². The van der Waals surface area contributed by atoms with Crippen LogP contribution >= 0.6 is 0 Å². The van der Waals surface area contributed by atoms with Gasteiger partial charge in [0.15, 0.2) is 0 Å². The second-order valence-corrected chi connectivity index (χ2v) is 8.45. The van der Waals surface area contributed by atoms with Crippen LogP contribution in [-0.4, -0.2) is 58.6 Å². The highest BCUT2D eigenvalue weighted by Gasteiger charge is 2.54. The van der Waals surface area contributed by atoms with E-state index in [-0.39, 0.29) is 48.9 Å². The molecule has 168 valence electrons. The summed E-state index contributed by atoms with van der Waals surface area (Å²) in [4.78, 5) is 28.8. The molecule has 3 aromatic rings. The number of benzene rings is 3. The Bertz CT molecular complexity index is 1150. The molecule has 2 aliphatic heterocycles. The highest BCUT2D eigenvalue weighted by atomic mass is 19.1. The highest BCUT2D eigenvalue weighted by Crippen LogP contribution is 2.43. The molecule has 0 radical (unpaired) electrons.